The zero-order valence-electron chi connectivity index (χ0n) is 17.5. The monoisotopic (exact) mass is 533 g/mol. The van der Waals surface area contributed by atoms with Crippen LogP contribution in [0.4, 0.5) is 5.13 Å². The number of nitrogens with zero attached hydrogens (tertiary/aromatic N) is 3. The molecule has 0 amide bonds. The van der Waals surface area contributed by atoms with Crippen molar-refractivity contribution in [2.24, 2.45) is 4.99 Å². The standard InChI is InChI=1S/C20H31N5O2S.HI/c1-5-21-19(22-11-17-14-28-20(24-17)25(3)4)23-12-18(26)13-27-15(2)16-9-7-6-8-10-16;/h6-10,14-15,18,26H,5,11-13H2,1-4H3,(H2,21,22,23);1H. The molecule has 162 valence electrons. The summed E-state index contributed by atoms with van der Waals surface area (Å²) < 4.78 is 5.77. The predicted molar refractivity (Wildman–Crippen MR) is 131 cm³/mol. The summed E-state index contributed by atoms with van der Waals surface area (Å²) in [6, 6.07) is 9.98. The molecular weight excluding hydrogens is 501 g/mol. The predicted octanol–water partition coefficient (Wildman–Crippen LogP) is 3.02. The number of ether oxygens (including phenoxy) is 1. The van der Waals surface area contributed by atoms with Crippen molar-refractivity contribution in [1.82, 2.24) is 15.6 Å². The molecule has 0 bridgehead atoms. The fraction of sp³-hybridized carbons (Fsp3) is 0.500. The van der Waals surface area contributed by atoms with E-state index < -0.39 is 6.10 Å². The maximum Gasteiger partial charge on any atom is 0.191 e. The molecular formula is C20H32IN5O2S. The minimum absolute atomic E-state index is 0. The molecule has 29 heavy (non-hydrogen) atoms. The number of nitrogens with one attached hydrogen (secondary N) is 2. The second kappa shape index (κ2) is 13.7. The first-order valence-electron chi connectivity index (χ1n) is 9.48. The van der Waals surface area contributed by atoms with E-state index in [9.17, 15) is 5.11 Å². The van der Waals surface area contributed by atoms with Crippen LogP contribution in [0.5, 0.6) is 0 Å². The summed E-state index contributed by atoms with van der Waals surface area (Å²) in [6.45, 7) is 5.82. The number of thiazole rings is 1. The summed E-state index contributed by atoms with van der Waals surface area (Å²) in [5, 5.41) is 19.5. The van der Waals surface area contributed by atoms with Gasteiger partial charge in [-0.25, -0.2) is 9.98 Å². The smallest absolute Gasteiger partial charge is 0.191 e. The van der Waals surface area contributed by atoms with Crippen LogP contribution in [-0.2, 0) is 11.3 Å². The van der Waals surface area contributed by atoms with Gasteiger partial charge in [0.2, 0.25) is 0 Å². The third kappa shape index (κ3) is 9.28. The SMILES string of the molecule is CCNC(=NCc1csc(N(C)C)n1)NCC(O)COC(C)c1ccccc1.I. The van der Waals surface area contributed by atoms with Crippen molar-refractivity contribution in [1.29, 1.82) is 0 Å². The third-order valence-corrected chi connectivity index (χ3v) is 5.04. The van der Waals surface area contributed by atoms with Gasteiger partial charge in [-0.2, -0.15) is 0 Å². The summed E-state index contributed by atoms with van der Waals surface area (Å²) in [7, 11) is 3.94. The van der Waals surface area contributed by atoms with Crippen LogP contribution in [-0.4, -0.2) is 55.9 Å². The Balaban J connectivity index is 0.00000420. The minimum Gasteiger partial charge on any atom is -0.389 e. The van der Waals surface area contributed by atoms with Crippen LogP contribution in [0.3, 0.4) is 0 Å². The van der Waals surface area contributed by atoms with Gasteiger partial charge >= 0.3 is 0 Å². The largest absolute Gasteiger partial charge is 0.389 e. The number of aromatic nitrogens is 1. The van der Waals surface area contributed by atoms with Crippen LogP contribution in [0.1, 0.15) is 31.2 Å². The molecule has 0 aliphatic rings. The lowest BCUT2D eigenvalue weighted by Crippen LogP contribution is -2.42. The van der Waals surface area contributed by atoms with E-state index in [1.54, 1.807) is 11.3 Å². The molecule has 0 aliphatic heterocycles. The second-order valence-electron chi connectivity index (χ2n) is 6.63. The van der Waals surface area contributed by atoms with Crippen molar-refractivity contribution in [2.45, 2.75) is 32.6 Å². The van der Waals surface area contributed by atoms with E-state index in [1.807, 2.05) is 68.6 Å². The molecule has 0 spiro atoms. The molecule has 9 heteroatoms. The van der Waals surface area contributed by atoms with Crippen LogP contribution in [0.15, 0.2) is 40.7 Å². The number of aliphatic hydroxyl groups excluding tert-OH is 1. The van der Waals surface area contributed by atoms with Crippen molar-refractivity contribution in [3.05, 3.63) is 47.0 Å². The van der Waals surface area contributed by atoms with Gasteiger partial charge in [-0.3, -0.25) is 0 Å². The molecule has 0 saturated carbocycles. The highest BCUT2D eigenvalue weighted by Crippen LogP contribution is 2.18. The van der Waals surface area contributed by atoms with Crippen LogP contribution >= 0.6 is 35.3 Å². The Kier molecular flexibility index (Phi) is 12.1. The van der Waals surface area contributed by atoms with E-state index in [4.69, 9.17) is 4.74 Å². The third-order valence-electron chi connectivity index (χ3n) is 3.98. The van der Waals surface area contributed by atoms with Gasteiger partial charge in [-0.1, -0.05) is 30.3 Å². The van der Waals surface area contributed by atoms with Crippen molar-refractivity contribution in [3.63, 3.8) is 0 Å². The van der Waals surface area contributed by atoms with Crippen LogP contribution in [0, 0.1) is 0 Å². The number of guanidine groups is 1. The topological polar surface area (TPSA) is 82.0 Å². The highest BCUT2D eigenvalue weighted by atomic mass is 127. The van der Waals surface area contributed by atoms with E-state index in [2.05, 4.69) is 20.6 Å². The van der Waals surface area contributed by atoms with Gasteiger partial charge in [0.1, 0.15) is 0 Å². The van der Waals surface area contributed by atoms with Crippen LogP contribution < -0.4 is 15.5 Å². The Morgan fingerprint density at radius 3 is 2.62 bits per heavy atom. The van der Waals surface area contributed by atoms with Gasteiger partial charge < -0.3 is 25.4 Å². The zero-order chi connectivity index (χ0) is 20.4. The average molecular weight is 533 g/mol. The molecule has 3 N–H and O–H groups in total. The van der Waals surface area contributed by atoms with Crippen molar-refractivity contribution >= 4 is 46.4 Å². The van der Waals surface area contributed by atoms with Gasteiger partial charge in [0.15, 0.2) is 11.1 Å². The molecule has 1 heterocycles. The molecule has 2 rings (SSSR count). The van der Waals surface area contributed by atoms with Gasteiger partial charge in [-0.05, 0) is 19.4 Å². The molecule has 2 unspecified atom stereocenters. The lowest BCUT2D eigenvalue weighted by atomic mass is 10.1. The van der Waals surface area contributed by atoms with E-state index in [-0.39, 0.29) is 36.7 Å². The van der Waals surface area contributed by atoms with E-state index in [1.165, 1.54) is 0 Å². The summed E-state index contributed by atoms with van der Waals surface area (Å²) in [6.07, 6.45) is -0.692. The first kappa shape index (κ1) is 25.6. The van der Waals surface area contributed by atoms with Crippen LogP contribution in [0.25, 0.3) is 0 Å². The van der Waals surface area contributed by atoms with E-state index in [0.29, 0.717) is 19.0 Å². The number of aliphatic imine (C=N–C) groups is 1. The number of aliphatic hydroxyl groups is 1. The van der Waals surface area contributed by atoms with Gasteiger partial charge in [-0.15, -0.1) is 35.3 Å². The first-order valence-corrected chi connectivity index (χ1v) is 10.4. The van der Waals surface area contributed by atoms with E-state index >= 15 is 0 Å². The van der Waals surface area contributed by atoms with Crippen LogP contribution in [0.2, 0.25) is 0 Å². The highest BCUT2D eigenvalue weighted by Gasteiger charge is 2.11. The Bertz CT molecular complexity index is 727. The summed E-state index contributed by atoms with van der Waals surface area (Å²) >= 11 is 1.60. The number of hydrogen-bond donors (Lipinski definition) is 3. The van der Waals surface area contributed by atoms with Gasteiger partial charge in [0.05, 0.1) is 31.1 Å². The average Bonchev–Trinajstić information content (AvgIpc) is 3.18. The highest BCUT2D eigenvalue weighted by molar-refractivity contribution is 14.0. The fourth-order valence-corrected chi connectivity index (χ4v) is 3.17. The Labute approximate surface area is 194 Å². The molecule has 1 aromatic heterocycles. The molecule has 0 aliphatic carbocycles. The lowest BCUT2D eigenvalue weighted by molar-refractivity contribution is -0.000599. The van der Waals surface area contributed by atoms with Crippen molar-refractivity contribution < 1.29 is 9.84 Å². The number of rotatable bonds is 10. The Hall–Kier alpha value is -1.43. The maximum atomic E-state index is 10.2. The number of halogens is 1. The zero-order valence-corrected chi connectivity index (χ0v) is 20.6. The summed E-state index contributed by atoms with van der Waals surface area (Å²) in [5.74, 6) is 0.650. The molecule has 0 radical (unpaired) electrons. The Morgan fingerprint density at radius 1 is 1.28 bits per heavy atom. The summed E-state index contributed by atoms with van der Waals surface area (Å²) in [5.41, 5.74) is 2.02. The Morgan fingerprint density at radius 2 is 2.00 bits per heavy atom. The van der Waals surface area contributed by atoms with Gasteiger partial charge in [0.25, 0.3) is 0 Å². The van der Waals surface area contributed by atoms with Crippen molar-refractivity contribution in [2.75, 3.05) is 38.7 Å². The molecule has 7 nitrogen and oxygen atoms in total. The number of benzene rings is 1. The van der Waals surface area contributed by atoms with Gasteiger partial charge in [0, 0.05) is 32.6 Å². The normalized spacial score (nSPS) is 13.3. The summed E-state index contributed by atoms with van der Waals surface area (Å²) in [4.78, 5) is 11.0. The molecule has 2 aromatic rings. The minimum atomic E-state index is -0.630. The maximum absolute atomic E-state index is 10.2. The molecule has 0 saturated heterocycles. The number of hydrogen-bond acceptors (Lipinski definition) is 6. The fourth-order valence-electron chi connectivity index (χ4n) is 2.43. The van der Waals surface area contributed by atoms with E-state index in [0.717, 1.165) is 22.9 Å². The second-order valence-corrected chi connectivity index (χ2v) is 7.47. The molecule has 1 aromatic carbocycles. The first-order chi connectivity index (χ1) is 13.5. The lowest BCUT2D eigenvalue weighted by Gasteiger charge is -2.18. The molecule has 2 atom stereocenters. The quantitative estimate of drug-likeness (QED) is 0.248. The molecule has 0 fully saturated rings. The van der Waals surface area contributed by atoms with Crippen molar-refractivity contribution in [3.8, 4) is 0 Å². The number of anilines is 1.